The fourth-order valence-electron chi connectivity index (χ4n) is 3.41. The molecule has 7 heteroatoms. The van der Waals surface area contributed by atoms with Crippen molar-refractivity contribution in [1.29, 1.82) is 0 Å². The fourth-order valence-corrected chi connectivity index (χ4v) is 3.41. The molecule has 0 atom stereocenters. The van der Waals surface area contributed by atoms with Crippen LogP contribution >= 0.6 is 0 Å². The summed E-state index contributed by atoms with van der Waals surface area (Å²) in [6.45, 7) is 2.44. The van der Waals surface area contributed by atoms with E-state index in [-0.39, 0.29) is 23.5 Å². The molecule has 29 heavy (non-hydrogen) atoms. The van der Waals surface area contributed by atoms with Crippen LogP contribution in [0.2, 0.25) is 0 Å². The minimum absolute atomic E-state index is 0.0120. The molecule has 0 unspecified atom stereocenters. The Kier molecular flexibility index (Phi) is 5.39. The van der Waals surface area contributed by atoms with Crippen LogP contribution in [0.3, 0.4) is 0 Å². The SMILES string of the molecule is O=c1cc(CN2CCc3ccccc3C2)occ1OCc1ccc([N+](=O)[O-])cc1. The Morgan fingerprint density at radius 2 is 1.86 bits per heavy atom. The van der Waals surface area contributed by atoms with Gasteiger partial charge in [0, 0.05) is 31.3 Å². The molecule has 0 saturated heterocycles. The lowest BCUT2D eigenvalue weighted by molar-refractivity contribution is -0.384. The highest BCUT2D eigenvalue weighted by Gasteiger charge is 2.17. The van der Waals surface area contributed by atoms with Gasteiger partial charge in [-0.25, -0.2) is 0 Å². The smallest absolute Gasteiger partial charge is 0.269 e. The molecule has 0 saturated carbocycles. The van der Waals surface area contributed by atoms with Gasteiger partial charge in [-0.2, -0.15) is 0 Å². The van der Waals surface area contributed by atoms with Crippen LogP contribution < -0.4 is 10.2 Å². The van der Waals surface area contributed by atoms with Crippen molar-refractivity contribution in [2.45, 2.75) is 26.1 Å². The van der Waals surface area contributed by atoms with Gasteiger partial charge < -0.3 is 9.15 Å². The summed E-state index contributed by atoms with van der Waals surface area (Å²) in [5.41, 5.74) is 3.18. The van der Waals surface area contributed by atoms with Crippen molar-refractivity contribution >= 4 is 5.69 Å². The fraction of sp³-hybridized carbons (Fsp3) is 0.227. The number of fused-ring (bicyclic) bond motifs is 1. The number of nitro benzene ring substituents is 1. The number of hydrogen-bond acceptors (Lipinski definition) is 6. The van der Waals surface area contributed by atoms with Crippen LogP contribution in [0.5, 0.6) is 5.75 Å². The number of rotatable bonds is 6. The molecule has 0 N–H and O–H groups in total. The van der Waals surface area contributed by atoms with Gasteiger partial charge in [-0.05, 0) is 35.2 Å². The third kappa shape index (κ3) is 4.52. The highest BCUT2D eigenvalue weighted by atomic mass is 16.6. The maximum Gasteiger partial charge on any atom is 0.269 e. The Morgan fingerprint density at radius 1 is 1.10 bits per heavy atom. The Morgan fingerprint density at radius 3 is 2.59 bits per heavy atom. The number of ether oxygens (including phenoxy) is 1. The van der Waals surface area contributed by atoms with E-state index in [0.29, 0.717) is 12.3 Å². The predicted molar refractivity (Wildman–Crippen MR) is 107 cm³/mol. The molecule has 0 aliphatic carbocycles. The summed E-state index contributed by atoms with van der Waals surface area (Å²) in [5, 5.41) is 10.7. The number of nitro groups is 1. The summed E-state index contributed by atoms with van der Waals surface area (Å²) in [6, 6.07) is 15.9. The van der Waals surface area contributed by atoms with Gasteiger partial charge in [-0.15, -0.1) is 0 Å². The van der Waals surface area contributed by atoms with Gasteiger partial charge in [0.1, 0.15) is 18.6 Å². The van der Waals surface area contributed by atoms with Crippen LogP contribution in [-0.2, 0) is 26.1 Å². The summed E-state index contributed by atoms with van der Waals surface area (Å²) < 4.78 is 11.1. The summed E-state index contributed by atoms with van der Waals surface area (Å²) in [5.74, 6) is 0.716. The quantitative estimate of drug-likeness (QED) is 0.470. The summed E-state index contributed by atoms with van der Waals surface area (Å²) >= 11 is 0. The molecule has 2 heterocycles. The lowest BCUT2D eigenvalue weighted by atomic mass is 10.00. The van der Waals surface area contributed by atoms with Gasteiger partial charge in [0.05, 0.1) is 11.5 Å². The van der Waals surface area contributed by atoms with E-state index in [1.165, 1.54) is 35.6 Å². The molecule has 7 nitrogen and oxygen atoms in total. The van der Waals surface area contributed by atoms with E-state index in [4.69, 9.17) is 9.15 Å². The van der Waals surface area contributed by atoms with E-state index < -0.39 is 4.92 Å². The highest BCUT2D eigenvalue weighted by molar-refractivity contribution is 5.33. The van der Waals surface area contributed by atoms with Gasteiger partial charge in [0.15, 0.2) is 0 Å². The second-order valence-corrected chi connectivity index (χ2v) is 7.02. The van der Waals surface area contributed by atoms with Crippen molar-refractivity contribution in [3.63, 3.8) is 0 Å². The molecule has 1 aromatic heterocycles. The third-order valence-corrected chi connectivity index (χ3v) is 4.98. The summed E-state index contributed by atoms with van der Waals surface area (Å²) in [7, 11) is 0. The zero-order valence-corrected chi connectivity index (χ0v) is 15.7. The van der Waals surface area contributed by atoms with Crippen LogP contribution in [0.4, 0.5) is 5.69 Å². The Labute approximate surface area is 167 Å². The van der Waals surface area contributed by atoms with Crippen molar-refractivity contribution in [2.75, 3.05) is 6.54 Å². The first-order valence-corrected chi connectivity index (χ1v) is 9.35. The van der Waals surface area contributed by atoms with Gasteiger partial charge in [0.25, 0.3) is 5.69 Å². The molecule has 1 aliphatic heterocycles. The minimum Gasteiger partial charge on any atom is -0.482 e. The van der Waals surface area contributed by atoms with Crippen molar-refractivity contribution in [3.8, 4) is 5.75 Å². The van der Waals surface area contributed by atoms with E-state index in [0.717, 1.165) is 25.1 Å². The summed E-state index contributed by atoms with van der Waals surface area (Å²) in [4.78, 5) is 24.8. The molecule has 0 fully saturated rings. The first-order valence-electron chi connectivity index (χ1n) is 9.35. The van der Waals surface area contributed by atoms with Crippen LogP contribution in [0, 0.1) is 10.1 Å². The van der Waals surface area contributed by atoms with E-state index in [9.17, 15) is 14.9 Å². The second kappa shape index (κ2) is 8.28. The van der Waals surface area contributed by atoms with Crippen molar-refractivity contribution in [2.24, 2.45) is 0 Å². The molecule has 1 aliphatic rings. The Balaban J connectivity index is 1.37. The van der Waals surface area contributed by atoms with E-state index in [1.807, 2.05) is 6.07 Å². The minimum atomic E-state index is -0.459. The van der Waals surface area contributed by atoms with E-state index in [1.54, 1.807) is 12.1 Å². The predicted octanol–water partition coefficient (Wildman–Crippen LogP) is 3.69. The molecule has 0 radical (unpaired) electrons. The number of hydrogen-bond donors (Lipinski definition) is 0. The standard InChI is InChI=1S/C22H20N2O5/c25-21-11-20(13-23-10-9-17-3-1-2-4-18(17)12-23)28-15-22(21)29-14-16-5-7-19(8-6-16)24(26)27/h1-8,11,15H,9-10,12-14H2. The number of nitrogens with zero attached hydrogens (tertiary/aromatic N) is 2. The normalized spacial score (nSPS) is 13.7. The monoisotopic (exact) mass is 392 g/mol. The number of non-ortho nitro benzene ring substituents is 1. The average Bonchev–Trinajstić information content (AvgIpc) is 2.73. The largest absolute Gasteiger partial charge is 0.482 e. The average molecular weight is 392 g/mol. The molecule has 0 bridgehead atoms. The molecular formula is C22H20N2O5. The van der Waals surface area contributed by atoms with Crippen molar-refractivity contribution in [1.82, 2.24) is 4.90 Å². The molecule has 0 spiro atoms. The lowest BCUT2D eigenvalue weighted by Crippen LogP contribution is -2.30. The zero-order chi connectivity index (χ0) is 20.2. The second-order valence-electron chi connectivity index (χ2n) is 7.02. The lowest BCUT2D eigenvalue weighted by Gasteiger charge is -2.28. The molecule has 2 aromatic carbocycles. The summed E-state index contributed by atoms with van der Waals surface area (Å²) in [6.07, 6.45) is 2.32. The Bertz CT molecular complexity index is 1080. The molecule has 3 aromatic rings. The maximum absolute atomic E-state index is 12.4. The molecule has 148 valence electrons. The van der Waals surface area contributed by atoms with Crippen LogP contribution in [0.25, 0.3) is 0 Å². The molecular weight excluding hydrogens is 372 g/mol. The molecule has 0 amide bonds. The maximum atomic E-state index is 12.4. The van der Waals surface area contributed by atoms with E-state index >= 15 is 0 Å². The third-order valence-electron chi connectivity index (χ3n) is 4.98. The van der Waals surface area contributed by atoms with Crippen molar-refractivity contribution in [3.05, 3.63) is 104 Å². The number of benzene rings is 2. The van der Waals surface area contributed by atoms with Crippen LogP contribution in [0.15, 0.2) is 70.1 Å². The van der Waals surface area contributed by atoms with Crippen LogP contribution in [-0.4, -0.2) is 16.4 Å². The van der Waals surface area contributed by atoms with Crippen molar-refractivity contribution < 1.29 is 14.1 Å². The van der Waals surface area contributed by atoms with Gasteiger partial charge in [-0.3, -0.25) is 19.8 Å². The van der Waals surface area contributed by atoms with Gasteiger partial charge >= 0.3 is 0 Å². The topological polar surface area (TPSA) is 85.8 Å². The molecule has 4 rings (SSSR count). The first-order chi connectivity index (χ1) is 14.1. The highest BCUT2D eigenvalue weighted by Crippen LogP contribution is 2.20. The zero-order valence-electron chi connectivity index (χ0n) is 15.7. The first kappa shape index (κ1) is 18.9. The van der Waals surface area contributed by atoms with Gasteiger partial charge in [-0.1, -0.05) is 24.3 Å². The van der Waals surface area contributed by atoms with Gasteiger partial charge in [0.2, 0.25) is 11.2 Å². The van der Waals surface area contributed by atoms with Crippen LogP contribution in [0.1, 0.15) is 22.5 Å². The Hall–Kier alpha value is -3.45. The van der Waals surface area contributed by atoms with E-state index in [2.05, 4.69) is 23.1 Å².